The maximum absolute atomic E-state index is 12.5. The van der Waals surface area contributed by atoms with Crippen LogP contribution in [0.25, 0.3) is 10.9 Å². The Labute approximate surface area is 151 Å². The second-order valence-corrected chi connectivity index (χ2v) is 7.04. The Kier molecular flexibility index (Phi) is 5.35. The van der Waals surface area contributed by atoms with E-state index in [4.69, 9.17) is 0 Å². The summed E-state index contributed by atoms with van der Waals surface area (Å²) >= 11 is 0. The van der Waals surface area contributed by atoms with Crippen LogP contribution in [0.1, 0.15) is 38.2 Å². The molecular formula is C19H24N4O3. The molecule has 7 nitrogen and oxygen atoms in total. The second-order valence-electron chi connectivity index (χ2n) is 7.04. The van der Waals surface area contributed by atoms with E-state index in [1.807, 2.05) is 13.0 Å². The van der Waals surface area contributed by atoms with E-state index in [9.17, 15) is 14.4 Å². The predicted molar refractivity (Wildman–Crippen MR) is 98.8 cm³/mol. The van der Waals surface area contributed by atoms with Crippen molar-refractivity contribution in [3.63, 3.8) is 0 Å². The summed E-state index contributed by atoms with van der Waals surface area (Å²) in [6.45, 7) is 3.74. The number of hydrogen-bond donors (Lipinski definition) is 2. The fourth-order valence-electron chi connectivity index (χ4n) is 3.51. The van der Waals surface area contributed by atoms with Crippen LogP contribution < -0.4 is 16.2 Å². The minimum Gasteiger partial charge on any atom is -0.335 e. The third-order valence-electron chi connectivity index (χ3n) is 5.05. The van der Waals surface area contributed by atoms with E-state index in [1.165, 1.54) is 17.3 Å². The fourth-order valence-corrected chi connectivity index (χ4v) is 3.51. The van der Waals surface area contributed by atoms with Gasteiger partial charge in [-0.05, 0) is 37.3 Å². The van der Waals surface area contributed by atoms with Gasteiger partial charge in [0.25, 0.3) is 5.56 Å². The molecule has 3 rings (SSSR count). The molecule has 1 aliphatic carbocycles. The van der Waals surface area contributed by atoms with Crippen molar-refractivity contribution in [2.24, 2.45) is 5.92 Å². The van der Waals surface area contributed by atoms with Gasteiger partial charge in [0, 0.05) is 6.04 Å². The number of nitrogens with one attached hydrogen (secondary N) is 2. The van der Waals surface area contributed by atoms with Gasteiger partial charge in [0.15, 0.2) is 0 Å². The number of fused-ring (bicyclic) bond motifs is 1. The van der Waals surface area contributed by atoms with Crippen molar-refractivity contribution in [1.29, 1.82) is 0 Å². The van der Waals surface area contributed by atoms with Crippen molar-refractivity contribution in [3.8, 4) is 0 Å². The average Bonchev–Trinajstić information content (AvgIpc) is 2.60. The number of carbonyl (C=O) groups is 2. The number of hydrogen-bond acceptors (Lipinski definition) is 4. The van der Waals surface area contributed by atoms with Gasteiger partial charge in [-0.3, -0.25) is 19.5 Å². The quantitative estimate of drug-likeness (QED) is 0.881. The van der Waals surface area contributed by atoms with Crippen LogP contribution in [0.3, 0.4) is 0 Å². The number of aryl methyl sites for hydroxylation is 1. The molecular weight excluding hydrogens is 332 g/mol. The molecule has 1 aliphatic rings. The van der Waals surface area contributed by atoms with Gasteiger partial charge in [0.05, 0.1) is 17.2 Å². The largest absolute Gasteiger partial charge is 0.335 e. The maximum atomic E-state index is 12.5. The highest BCUT2D eigenvalue weighted by atomic mass is 16.2. The van der Waals surface area contributed by atoms with Gasteiger partial charge in [0.2, 0.25) is 5.91 Å². The number of para-hydroxylation sites is 1. The van der Waals surface area contributed by atoms with Crippen molar-refractivity contribution in [2.45, 2.75) is 52.1 Å². The normalized spacial score (nSPS) is 19.9. The molecule has 138 valence electrons. The van der Waals surface area contributed by atoms with Crippen LogP contribution in [0, 0.1) is 12.8 Å². The Bertz CT molecular complexity index is 890. The number of urea groups is 1. The van der Waals surface area contributed by atoms with Crippen LogP contribution in [-0.2, 0) is 11.3 Å². The van der Waals surface area contributed by atoms with Gasteiger partial charge in [-0.25, -0.2) is 9.78 Å². The summed E-state index contributed by atoms with van der Waals surface area (Å²) < 4.78 is 1.22. The average molecular weight is 356 g/mol. The number of amides is 3. The smallest absolute Gasteiger partial charge is 0.321 e. The zero-order chi connectivity index (χ0) is 18.7. The zero-order valence-corrected chi connectivity index (χ0v) is 15.1. The van der Waals surface area contributed by atoms with Crippen molar-refractivity contribution < 1.29 is 9.59 Å². The first-order chi connectivity index (χ1) is 12.5. The zero-order valence-electron chi connectivity index (χ0n) is 15.1. The van der Waals surface area contributed by atoms with E-state index in [1.54, 1.807) is 12.1 Å². The molecule has 2 atom stereocenters. The molecule has 0 radical (unpaired) electrons. The van der Waals surface area contributed by atoms with Crippen LogP contribution in [0.2, 0.25) is 0 Å². The Morgan fingerprint density at radius 2 is 2.04 bits per heavy atom. The van der Waals surface area contributed by atoms with E-state index in [-0.39, 0.29) is 18.1 Å². The molecule has 2 unspecified atom stereocenters. The molecule has 2 aromatic rings. The second kappa shape index (κ2) is 7.68. The first kappa shape index (κ1) is 18.1. The lowest BCUT2D eigenvalue weighted by Gasteiger charge is -2.29. The number of benzene rings is 1. The van der Waals surface area contributed by atoms with Gasteiger partial charge in [-0.1, -0.05) is 31.9 Å². The van der Waals surface area contributed by atoms with Crippen LogP contribution in [0.15, 0.2) is 29.3 Å². The standard InChI is InChI=1S/C19H24N4O3/c1-12-6-3-4-9-15(12)21-19(26)22-16(24)10-23-11-20-17-13(2)7-5-8-14(17)18(23)25/h5,7-8,11-12,15H,3-4,6,9-10H2,1-2H3,(H2,21,22,24,26). The molecule has 0 spiro atoms. The number of imide groups is 1. The van der Waals surface area contributed by atoms with Gasteiger partial charge >= 0.3 is 6.03 Å². The van der Waals surface area contributed by atoms with E-state index >= 15 is 0 Å². The predicted octanol–water partition coefficient (Wildman–Crippen LogP) is 2.11. The summed E-state index contributed by atoms with van der Waals surface area (Å²) in [5.41, 5.74) is 1.23. The molecule has 3 amide bonds. The summed E-state index contributed by atoms with van der Waals surface area (Å²) in [5.74, 6) is -0.137. The van der Waals surface area contributed by atoms with E-state index in [0.717, 1.165) is 24.8 Å². The molecule has 1 aromatic carbocycles. The Balaban J connectivity index is 1.64. The Morgan fingerprint density at radius 3 is 2.81 bits per heavy atom. The topological polar surface area (TPSA) is 93.1 Å². The fraction of sp³-hybridized carbons (Fsp3) is 0.474. The van der Waals surface area contributed by atoms with Crippen molar-refractivity contribution in [1.82, 2.24) is 20.2 Å². The molecule has 1 heterocycles. The van der Waals surface area contributed by atoms with Crippen LogP contribution in [0.5, 0.6) is 0 Å². The van der Waals surface area contributed by atoms with Crippen LogP contribution in [0.4, 0.5) is 4.79 Å². The highest BCUT2D eigenvalue weighted by Gasteiger charge is 2.23. The molecule has 1 fully saturated rings. The van der Waals surface area contributed by atoms with Crippen molar-refractivity contribution in [2.75, 3.05) is 0 Å². The van der Waals surface area contributed by atoms with E-state index < -0.39 is 11.9 Å². The Morgan fingerprint density at radius 1 is 1.27 bits per heavy atom. The lowest BCUT2D eigenvalue weighted by molar-refractivity contribution is -0.120. The highest BCUT2D eigenvalue weighted by molar-refractivity contribution is 5.94. The number of rotatable bonds is 3. The number of nitrogens with zero attached hydrogens (tertiary/aromatic N) is 2. The van der Waals surface area contributed by atoms with Gasteiger partial charge in [0.1, 0.15) is 6.54 Å². The number of aromatic nitrogens is 2. The molecule has 1 aromatic heterocycles. The highest BCUT2D eigenvalue weighted by Crippen LogP contribution is 2.23. The maximum Gasteiger partial charge on any atom is 0.321 e. The monoisotopic (exact) mass is 356 g/mol. The summed E-state index contributed by atoms with van der Waals surface area (Å²) in [6, 6.07) is 4.92. The third-order valence-corrected chi connectivity index (χ3v) is 5.05. The molecule has 26 heavy (non-hydrogen) atoms. The first-order valence-corrected chi connectivity index (χ1v) is 9.01. The van der Waals surface area contributed by atoms with Crippen LogP contribution >= 0.6 is 0 Å². The lowest BCUT2D eigenvalue weighted by Crippen LogP contribution is -2.48. The summed E-state index contributed by atoms with van der Waals surface area (Å²) in [7, 11) is 0. The van der Waals surface area contributed by atoms with E-state index in [2.05, 4.69) is 22.5 Å². The molecule has 1 saturated carbocycles. The minimum atomic E-state index is -0.540. The first-order valence-electron chi connectivity index (χ1n) is 9.01. The van der Waals surface area contributed by atoms with Crippen molar-refractivity contribution >= 4 is 22.8 Å². The summed E-state index contributed by atoms with van der Waals surface area (Å²) in [6.07, 6.45) is 5.61. The lowest BCUT2D eigenvalue weighted by atomic mass is 9.86. The SMILES string of the molecule is Cc1cccc2c(=O)n(CC(=O)NC(=O)NC3CCCCC3C)cnc12. The van der Waals surface area contributed by atoms with E-state index in [0.29, 0.717) is 16.8 Å². The molecule has 0 aliphatic heterocycles. The minimum absolute atomic E-state index is 0.0876. The van der Waals surface area contributed by atoms with Crippen molar-refractivity contribution in [3.05, 3.63) is 40.4 Å². The summed E-state index contributed by atoms with van der Waals surface area (Å²) in [5, 5.41) is 5.63. The molecule has 0 saturated heterocycles. The van der Waals surface area contributed by atoms with Gasteiger partial charge in [-0.2, -0.15) is 0 Å². The third kappa shape index (κ3) is 3.92. The molecule has 2 N–H and O–H groups in total. The molecule has 7 heteroatoms. The van der Waals surface area contributed by atoms with Crippen LogP contribution in [-0.4, -0.2) is 27.5 Å². The number of carbonyl (C=O) groups excluding carboxylic acids is 2. The Hall–Kier alpha value is -2.70. The molecule has 0 bridgehead atoms. The van der Waals surface area contributed by atoms with Gasteiger partial charge < -0.3 is 5.32 Å². The summed E-state index contributed by atoms with van der Waals surface area (Å²) in [4.78, 5) is 41.0. The van der Waals surface area contributed by atoms with Gasteiger partial charge in [-0.15, -0.1) is 0 Å².